The third-order valence-corrected chi connectivity index (χ3v) is 9.45. The lowest BCUT2D eigenvalue weighted by molar-refractivity contribution is 0.170. The molecule has 0 saturated carbocycles. The number of anilines is 2. The molecule has 11 heteroatoms. The Bertz CT molecular complexity index is 1700. The highest BCUT2D eigenvalue weighted by Gasteiger charge is 2.31. The van der Waals surface area contributed by atoms with Crippen molar-refractivity contribution in [1.82, 2.24) is 24.8 Å². The fourth-order valence-corrected chi connectivity index (χ4v) is 6.11. The van der Waals surface area contributed by atoms with Crippen LogP contribution < -0.4 is 24.8 Å². The number of urea groups is 1. The van der Waals surface area contributed by atoms with Gasteiger partial charge >= 0.3 is 6.03 Å². The zero-order chi connectivity index (χ0) is 33.2. The summed E-state index contributed by atoms with van der Waals surface area (Å²) in [5, 5.41) is 15.2. The first-order valence-corrected chi connectivity index (χ1v) is 16.8. The second-order valence-electron chi connectivity index (χ2n) is 13.4. The number of hydrogen-bond donors (Lipinski definition) is 3. The number of pyridine rings is 1. The molecular weight excluding hydrogens is 598 g/mol. The van der Waals surface area contributed by atoms with Crippen molar-refractivity contribution in [1.29, 1.82) is 0 Å². The first-order valence-electron chi connectivity index (χ1n) is 15.8. The van der Waals surface area contributed by atoms with E-state index >= 15 is 0 Å². The molecule has 10 nitrogen and oxygen atoms in total. The van der Waals surface area contributed by atoms with E-state index in [-0.39, 0.29) is 29.1 Å². The standard InChI is InChI=1S/C35H47N7O3S/c1-10-46-40-28-20-22(34(2,3)4)19-27(31(28)44-9)37-33(43)36-26-16-17-29(25-14-12-11-13-24(25)26)45-23-15-18-30-38-39-32(42(30)21-23)35(5,6)41(7)8/h11-15,18-21,26,29,40H,10,16-17H2,1-9H3,(H2,36,37,43). The Balaban J connectivity index is 1.36. The molecule has 2 unspecified atom stereocenters. The molecule has 0 aliphatic heterocycles. The van der Waals surface area contributed by atoms with Gasteiger partial charge in [-0.2, -0.15) is 0 Å². The minimum Gasteiger partial charge on any atom is -0.492 e. The Morgan fingerprint density at radius 3 is 2.41 bits per heavy atom. The SMILES string of the molecule is CCSNc1cc(C(C)(C)C)cc(NC(=O)NC2CCC(Oc3ccc4nnc(C(C)(C)N(C)C)n4c3)c3ccccc32)c1OC. The number of carbonyl (C=O) groups is 1. The highest BCUT2D eigenvalue weighted by molar-refractivity contribution is 8.00. The van der Waals surface area contributed by atoms with Crippen LogP contribution in [0.25, 0.3) is 5.65 Å². The molecule has 5 rings (SSSR count). The van der Waals surface area contributed by atoms with Crippen LogP contribution in [0.5, 0.6) is 11.5 Å². The maximum absolute atomic E-state index is 13.5. The molecule has 0 radical (unpaired) electrons. The van der Waals surface area contributed by atoms with Crippen LogP contribution in [0.2, 0.25) is 0 Å². The fourth-order valence-electron chi connectivity index (χ4n) is 5.66. The number of hydrogen-bond acceptors (Lipinski definition) is 8. The molecule has 3 N–H and O–H groups in total. The Hall–Kier alpha value is -3.96. The smallest absolute Gasteiger partial charge is 0.319 e. The van der Waals surface area contributed by atoms with Gasteiger partial charge in [-0.25, -0.2) is 4.79 Å². The summed E-state index contributed by atoms with van der Waals surface area (Å²) in [5.41, 5.74) is 4.99. The lowest BCUT2D eigenvalue weighted by atomic mass is 9.85. The molecular formula is C35H47N7O3S. The van der Waals surface area contributed by atoms with Crippen LogP contribution in [0.4, 0.5) is 16.2 Å². The molecule has 2 aromatic heterocycles. The van der Waals surface area contributed by atoms with Crippen molar-refractivity contribution in [2.75, 3.05) is 37.0 Å². The van der Waals surface area contributed by atoms with Gasteiger partial charge in [-0.15, -0.1) is 10.2 Å². The van der Waals surface area contributed by atoms with E-state index in [9.17, 15) is 4.79 Å². The van der Waals surface area contributed by atoms with Crippen molar-refractivity contribution >= 4 is 35.0 Å². The molecule has 1 aliphatic carbocycles. The van der Waals surface area contributed by atoms with Crippen LogP contribution in [0.3, 0.4) is 0 Å². The molecule has 0 bridgehead atoms. The van der Waals surface area contributed by atoms with Gasteiger partial charge in [0.05, 0.1) is 36.3 Å². The molecule has 2 atom stereocenters. The number of amides is 2. The van der Waals surface area contributed by atoms with Crippen LogP contribution >= 0.6 is 11.9 Å². The number of rotatable bonds is 10. The minimum atomic E-state index is -0.320. The van der Waals surface area contributed by atoms with Crippen LogP contribution in [-0.4, -0.2) is 52.5 Å². The summed E-state index contributed by atoms with van der Waals surface area (Å²) in [6.07, 6.45) is 3.27. The number of ether oxygens (including phenoxy) is 2. The first-order chi connectivity index (χ1) is 21.8. The Labute approximate surface area is 276 Å². The third-order valence-electron chi connectivity index (χ3n) is 8.79. The van der Waals surface area contributed by atoms with Gasteiger partial charge in [0.2, 0.25) is 0 Å². The number of nitrogens with zero attached hydrogens (tertiary/aromatic N) is 4. The van der Waals surface area contributed by atoms with Gasteiger partial charge in [0.1, 0.15) is 11.9 Å². The third kappa shape index (κ3) is 6.90. The number of methoxy groups -OCH3 is 1. The van der Waals surface area contributed by atoms with E-state index < -0.39 is 0 Å². The number of benzene rings is 2. The van der Waals surface area contributed by atoms with Crippen LogP contribution in [0.1, 0.15) is 89.0 Å². The molecule has 2 amide bonds. The van der Waals surface area contributed by atoms with Crippen molar-refractivity contribution in [2.24, 2.45) is 0 Å². The highest BCUT2D eigenvalue weighted by atomic mass is 32.2. The summed E-state index contributed by atoms with van der Waals surface area (Å²) in [6.45, 7) is 12.8. The average molecular weight is 646 g/mol. The first kappa shape index (κ1) is 33.4. The summed E-state index contributed by atoms with van der Waals surface area (Å²) in [6, 6.07) is 15.7. The van der Waals surface area contributed by atoms with Crippen LogP contribution in [-0.2, 0) is 11.0 Å². The highest BCUT2D eigenvalue weighted by Crippen LogP contribution is 2.41. The van der Waals surface area contributed by atoms with Gasteiger partial charge in [-0.05, 0) is 87.2 Å². The zero-order valence-corrected chi connectivity index (χ0v) is 29.2. The molecule has 0 saturated heterocycles. The summed E-state index contributed by atoms with van der Waals surface area (Å²) in [5.74, 6) is 3.07. The molecule has 1 aliphatic rings. The molecule has 4 aromatic rings. The molecule has 46 heavy (non-hydrogen) atoms. The van der Waals surface area contributed by atoms with Crippen molar-refractivity contribution in [2.45, 2.75) is 77.5 Å². The second-order valence-corrected chi connectivity index (χ2v) is 14.5. The Morgan fingerprint density at radius 2 is 1.74 bits per heavy atom. The van der Waals surface area contributed by atoms with Crippen molar-refractivity contribution in [3.8, 4) is 11.5 Å². The van der Waals surface area contributed by atoms with Gasteiger partial charge in [-0.3, -0.25) is 9.30 Å². The summed E-state index contributed by atoms with van der Waals surface area (Å²) in [4.78, 5) is 15.6. The average Bonchev–Trinajstić information content (AvgIpc) is 3.44. The van der Waals surface area contributed by atoms with E-state index in [0.717, 1.165) is 58.2 Å². The number of nitrogens with one attached hydrogen (secondary N) is 3. The number of carbonyl (C=O) groups excluding carboxylic acids is 1. The summed E-state index contributed by atoms with van der Waals surface area (Å²) >= 11 is 1.58. The van der Waals surface area contributed by atoms with Gasteiger partial charge < -0.3 is 24.8 Å². The lowest BCUT2D eigenvalue weighted by Crippen LogP contribution is -2.37. The maximum atomic E-state index is 13.5. The Morgan fingerprint density at radius 1 is 1.02 bits per heavy atom. The largest absolute Gasteiger partial charge is 0.492 e. The van der Waals surface area contributed by atoms with Gasteiger partial charge in [0.25, 0.3) is 0 Å². The maximum Gasteiger partial charge on any atom is 0.319 e. The van der Waals surface area contributed by atoms with Crippen LogP contribution in [0.15, 0.2) is 54.7 Å². The van der Waals surface area contributed by atoms with Gasteiger partial charge in [0, 0.05) is 5.75 Å². The normalized spacial score (nSPS) is 16.7. The van der Waals surface area contributed by atoms with E-state index in [1.807, 2.05) is 55.0 Å². The fraction of sp³-hybridized carbons (Fsp3) is 0.457. The van der Waals surface area contributed by atoms with E-state index in [1.54, 1.807) is 19.1 Å². The van der Waals surface area contributed by atoms with E-state index in [1.165, 1.54) is 0 Å². The van der Waals surface area contributed by atoms with Gasteiger partial charge in [-0.1, -0.05) is 63.9 Å². The molecule has 2 aromatic carbocycles. The number of fused-ring (bicyclic) bond motifs is 2. The van der Waals surface area contributed by atoms with Crippen molar-refractivity contribution in [3.05, 3.63) is 77.2 Å². The number of aromatic nitrogens is 3. The predicted octanol–water partition coefficient (Wildman–Crippen LogP) is 7.69. The lowest BCUT2D eigenvalue weighted by Gasteiger charge is -2.32. The van der Waals surface area contributed by atoms with E-state index in [0.29, 0.717) is 11.4 Å². The van der Waals surface area contributed by atoms with E-state index in [4.69, 9.17) is 9.47 Å². The molecule has 0 spiro atoms. The van der Waals surface area contributed by atoms with Crippen molar-refractivity contribution in [3.63, 3.8) is 0 Å². The Kier molecular flexibility index (Phi) is 9.74. The topological polar surface area (TPSA) is 105 Å². The minimum absolute atomic E-state index is 0.118. The zero-order valence-electron chi connectivity index (χ0n) is 28.4. The van der Waals surface area contributed by atoms with Crippen molar-refractivity contribution < 1.29 is 14.3 Å². The molecule has 0 fully saturated rings. The molecule has 246 valence electrons. The predicted molar refractivity (Wildman–Crippen MR) is 187 cm³/mol. The second kappa shape index (κ2) is 13.4. The monoisotopic (exact) mass is 645 g/mol. The van der Waals surface area contributed by atoms with Crippen LogP contribution in [0, 0.1) is 0 Å². The summed E-state index contributed by atoms with van der Waals surface area (Å²) in [7, 11) is 5.69. The quantitative estimate of drug-likeness (QED) is 0.151. The van der Waals surface area contributed by atoms with Gasteiger partial charge in [0.15, 0.2) is 17.2 Å². The summed E-state index contributed by atoms with van der Waals surface area (Å²) < 4.78 is 17.8. The van der Waals surface area contributed by atoms with E-state index in [2.05, 4.69) is 90.2 Å². The molecule has 2 heterocycles.